The first-order valence-corrected chi connectivity index (χ1v) is 8.86. The summed E-state index contributed by atoms with van der Waals surface area (Å²) >= 11 is 0. The molecule has 1 amide bonds. The van der Waals surface area contributed by atoms with E-state index in [4.69, 9.17) is 0 Å². The van der Waals surface area contributed by atoms with E-state index in [0.717, 1.165) is 34.8 Å². The van der Waals surface area contributed by atoms with E-state index < -0.39 is 27.7 Å². The third-order valence-corrected chi connectivity index (χ3v) is 4.67. The number of halogens is 3. The molecule has 0 aliphatic heterocycles. The summed E-state index contributed by atoms with van der Waals surface area (Å²) in [4.78, 5) is 12.1. The van der Waals surface area contributed by atoms with Crippen molar-refractivity contribution in [3.05, 3.63) is 59.7 Å². The zero-order valence-corrected chi connectivity index (χ0v) is 14.1. The van der Waals surface area contributed by atoms with Crippen molar-refractivity contribution in [1.29, 1.82) is 0 Å². The van der Waals surface area contributed by atoms with E-state index in [2.05, 4.69) is 5.32 Å². The SMILES string of the molecule is CN(c1ccc(NC(=O)c2ccc(C(F)(F)F)cc2)cc1)S(C)(=O)=O. The Morgan fingerprint density at radius 2 is 1.52 bits per heavy atom. The van der Waals surface area contributed by atoms with Crippen molar-refractivity contribution in [3.8, 4) is 0 Å². The number of hydrogen-bond acceptors (Lipinski definition) is 3. The van der Waals surface area contributed by atoms with E-state index in [1.54, 1.807) is 0 Å². The molecule has 2 aromatic carbocycles. The third-order valence-electron chi connectivity index (χ3n) is 3.46. The molecule has 0 fully saturated rings. The standard InChI is InChI=1S/C16H15F3N2O3S/c1-21(25(2,23)24)14-9-7-13(8-10-14)20-15(22)11-3-5-12(6-4-11)16(17,18)19/h3-10H,1-2H3,(H,20,22). The molecule has 0 heterocycles. The summed E-state index contributed by atoms with van der Waals surface area (Å²) in [5.41, 5.74) is 0.0353. The number of rotatable bonds is 4. The van der Waals surface area contributed by atoms with Crippen molar-refractivity contribution >= 4 is 27.3 Å². The van der Waals surface area contributed by atoms with Crippen LogP contribution >= 0.6 is 0 Å². The quantitative estimate of drug-likeness (QED) is 0.895. The third kappa shape index (κ3) is 4.72. The smallest absolute Gasteiger partial charge is 0.322 e. The number of nitrogens with one attached hydrogen (secondary N) is 1. The molecule has 0 saturated carbocycles. The lowest BCUT2D eigenvalue weighted by molar-refractivity contribution is -0.137. The van der Waals surface area contributed by atoms with Crippen LogP contribution in [0.3, 0.4) is 0 Å². The predicted octanol–water partition coefficient (Wildman–Crippen LogP) is 3.35. The number of carbonyl (C=O) groups is 1. The highest BCUT2D eigenvalue weighted by Crippen LogP contribution is 2.29. The fourth-order valence-corrected chi connectivity index (χ4v) is 2.46. The zero-order chi connectivity index (χ0) is 18.8. The van der Waals surface area contributed by atoms with Gasteiger partial charge in [-0.25, -0.2) is 8.42 Å². The molecule has 5 nitrogen and oxygen atoms in total. The van der Waals surface area contributed by atoms with Crippen LogP contribution in [0.1, 0.15) is 15.9 Å². The van der Waals surface area contributed by atoms with Gasteiger partial charge < -0.3 is 5.32 Å². The van der Waals surface area contributed by atoms with E-state index in [0.29, 0.717) is 11.4 Å². The van der Waals surface area contributed by atoms with Crippen molar-refractivity contribution in [2.75, 3.05) is 22.9 Å². The van der Waals surface area contributed by atoms with E-state index in [1.165, 1.54) is 31.3 Å². The fourth-order valence-electron chi connectivity index (χ4n) is 1.96. The van der Waals surface area contributed by atoms with Gasteiger partial charge in [-0.1, -0.05) is 0 Å². The van der Waals surface area contributed by atoms with Crippen LogP contribution in [-0.4, -0.2) is 27.6 Å². The minimum absolute atomic E-state index is 0.0744. The predicted molar refractivity (Wildman–Crippen MR) is 89.1 cm³/mol. The highest BCUT2D eigenvalue weighted by molar-refractivity contribution is 7.92. The molecule has 2 rings (SSSR count). The average molecular weight is 372 g/mol. The second kappa shape index (κ2) is 6.75. The minimum Gasteiger partial charge on any atom is -0.322 e. The molecule has 0 atom stereocenters. The van der Waals surface area contributed by atoms with Gasteiger partial charge in [0, 0.05) is 18.3 Å². The summed E-state index contributed by atoms with van der Waals surface area (Å²) in [5.74, 6) is -0.571. The maximum Gasteiger partial charge on any atom is 0.416 e. The minimum atomic E-state index is -4.46. The van der Waals surface area contributed by atoms with Gasteiger partial charge in [0.15, 0.2) is 0 Å². The number of benzene rings is 2. The number of hydrogen-bond donors (Lipinski definition) is 1. The summed E-state index contributed by atoms with van der Waals surface area (Å²) in [5, 5.41) is 2.53. The molecule has 0 saturated heterocycles. The first-order chi connectivity index (χ1) is 11.5. The van der Waals surface area contributed by atoms with Crippen LogP contribution in [-0.2, 0) is 16.2 Å². The number of alkyl halides is 3. The molecule has 9 heteroatoms. The van der Waals surface area contributed by atoms with Crippen molar-refractivity contribution in [2.45, 2.75) is 6.18 Å². The van der Waals surface area contributed by atoms with Gasteiger partial charge in [-0.05, 0) is 48.5 Å². The summed E-state index contributed by atoms with van der Waals surface area (Å²) < 4.78 is 61.5. The van der Waals surface area contributed by atoms with Gasteiger partial charge in [-0.3, -0.25) is 9.10 Å². The van der Waals surface area contributed by atoms with Crippen molar-refractivity contribution in [2.24, 2.45) is 0 Å². The second-order valence-electron chi connectivity index (χ2n) is 5.31. The van der Waals surface area contributed by atoms with E-state index >= 15 is 0 Å². The van der Waals surface area contributed by atoms with E-state index in [9.17, 15) is 26.4 Å². The largest absolute Gasteiger partial charge is 0.416 e. The molecule has 0 aromatic heterocycles. The number of nitrogens with zero attached hydrogens (tertiary/aromatic N) is 1. The molecule has 0 aliphatic carbocycles. The molecular formula is C16H15F3N2O3S. The van der Waals surface area contributed by atoms with Gasteiger partial charge in [0.2, 0.25) is 10.0 Å². The molecule has 0 radical (unpaired) electrons. The van der Waals surface area contributed by atoms with Crippen LogP contribution in [0.25, 0.3) is 0 Å². The Bertz CT molecular complexity index is 861. The van der Waals surface area contributed by atoms with Crippen LogP contribution in [0.15, 0.2) is 48.5 Å². The number of sulfonamides is 1. The molecule has 0 aliphatic rings. The molecule has 0 unspecified atom stereocenters. The molecule has 0 bridgehead atoms. The molecule has 134 valence electrons. The molecule has 2 aromatic rings. The van der Waals surface area contributed by atoms with Gasteiger partial charge >= 0.3 is 6.18 Å². The normalized spacial score (nSPS) is 11.9. The Hall–Kier alpha value is -2.55. The maximum atomic E-state index is 12.5. The van der Waals surface area contributed by atoms with Crippen molar-refractivity contribution in [1.82, 2.24) is 0 Å². The Kier molecular flexibility index (Phi) is 5.07. The molecule has 0 spiro atoms. The molecule has 1 N–H and O–H groups in total. The number of amides is 1. The summed E-state index contributed by atoms with van der Waals surface area (Å²) in [6.45, 7) is 0. The first kappa shape index (κ1) is 18.8. The highest BCUT2D eigenvalue weighted by atomic mass is 32.2. The fraction of sp³-hybridized carbons (Fsp3) is 0.188. The molecular weight excluding hydrogens is 357 g/mol. The topological polar surface area (TPSA) is 66.5 Å². The average Bonchev–Trinajstić information content (AvgIpc) is 2.53. The van der Waals surface area contributed by atoms with Crippen molar-refractivity contribution < 1.29 is 26.4 Å². The van der Waals surface area contributed by atoms with Gasteiger partial charge in [-0.15, -0.1) is 0 Å². The highest BCUT2D eigenvalue weighted by Gasteiger charge is 2.30. The van der Waals surface area contributed by atoms with Gasteiger partial charge in [0.1, 0.15) is 0 Å². The Morgan fingerprint density at radius 1 is 1.00 bits per heavy atom. The number of carbonyl (C=O) groups excluding carboxylic acids is 1. The lowest BCUT2D eigenvalue weighted by Crippen LogP contribution is -2.24. The summed E-state index contributed by atoms with van der Waals surface area (Å²) in [7, 11) is -2.00. The number of anilines is 2. The van der Waals surface area contributed by atoms with E-state index in [-0.39, 0.29) is 5.56 Å². The Balaban J connectivity index is 2.10. The lowest BCUT2D eigenvalue weighted by Gasteiger charge is -2.17. The Labute approximate surface area is 143 Å². The van der Waals surface area contributed by atoms with Crippen LogP contribution in [0.5, 0.6) is 0 Å². The monoisotopic (exact) mass is 372 g/mol. The molecule has 25 heavy (non-hydrogen) atoms. The van der Waals surface area contributed by atoms with Crippen LogP contribution in [0.4, 0.5) is 24.5 Å². The second-order valence-corrected chi connectivity index (χ2v) is 7.32. The Morgan fingerprint density at radius 3 is 1.96 bits per heavy atom. The summed E-state index contributed by atoms with van der Waals surface area (Å²) in [6, 6.07) is 9.84. The van der Waals surface area contributed by atoms with Gasteiger partial charge in [0.05, 0.1) is 17.5 Å². The van der Waals surface area contributed by atoms with E-state index in [1.807, 2.05) is 0 Å². The van der Waals surface area contributed by atoms with Gasteiger partial charge in [-0.2, -0.15) is 13.2 Å². The van der Waals surface area contributed by atoms with Crippen molar-refractivity contribution in [3.63, 3.8) is 0 Å². The lowest BCUT2D eigenvalue weighted by atomic mass is 10.1. The zero-order valence-electron chi connectivity index (χ0n) is 13.3. The summed E-state index contributed by atoms with van der Waals surface area (Å²) in [6.07, 6.45) is -3.40. The van der Waals surface area contributed by atoms with Gasteiger partial charge in [0.25, 0.3) is 5.91 Å². The van der Waals surface area contributed by atoms with Crippen LogP contribution < -0.4 is 9.62 Å². The van der Waals surface area contributed by atoms with Crippen LogP contribution in [0.2, 0.25) is 0 Å². The maximum absolute atomic E-state index is 12.5. The van der Waals surface area contributed by atoms with Crippen LogP contribution in [0, 0.1) is 0 Å². The first-order valence-electron chi connectivity index (χ1n) is 7.01.